The molecule has 1 fully saturated rings. The smallest absolute Gasteiger partial charge is 0.274 e. The van der Waals surface area contributed by atoms with E-state index in [9.17, 15) is 13.4 Å². The summed E-state index contributed by atoms with van der Waals surface area (Å²) in [7, 11) is -2.95. The van der Waals surface area contributed by atoms with Gasteiger partial charge in [-0.15, -0.1) is 0 Å². The Hall–Kier alpha value is -3.50. The average Bonchev–Trinajstić information content (AvgIpc) is 3.61. The molecule has 1 unspecified atom stereocenters. The van der Waals surface area contributed by atoms with Crippen molar-refractivity contribution in [3.63, 3.8) is 0 Å². The van der Waals surface area contributed by atoms with Gasteiger partial charge in [0, 0.05) is 29.9 Å². The maximum atomic E-state index is 16.1. The maximum Gasteiger partial charge on any atom is 0.274 e. The van der Waals surface area contributed by atoms with E-state index in [2.05, 4.69) is 14.3 Å². The Morgan fingerprint density at radius 2 is 1.82 bits per heavy atom. The van der Waals surface area contributed by atoms with Crippen LogP contribution in [0.2, 0.25) is 5.02 Å². The number of fused-ring (bicyclic) bond motifs is 1. The number of hydrogen-bond donors (Lipinski definition) is 0. The molecule has 0 spiro atoms. The summed E-state index contributed by atoms with van der Waals surface area (Å²) in [6, 6.07) is 6.09. The molecule has 1 aliphatic heterocycles. The van der Waals surface area contributed by atoms with Gasteiger partial charge in [0.25, 0.3) is 5.56 Å². The second-order valence-electron chi connectivity index (χ2n) is 10.0. The second-order valence-corrected chi connectivity index (χ2v) is 12.7. The van der Waals surface area contributed by atoms with Crippen LogP contribution >= 0.6 is 11.6 Å². The molecule has 2 aliphatic rings. The summed E-state index contributed by atoms with van der Waals surface area (Å²) in [5, 5.41) is -0.0642. The van der Waals surface area contributed by atoms with E-state index in [0.717, 1.165) is 16.3 Å². The second kappa shape index (κ2) is 9.02. The molecule has 3 aromatic heterocycles. The molecule has 6 rings (SSSR count). The molecule has 0 saturated heterocycles. The Labute approximate surface area is 227 Å². The van der Waals surface area contributed by atoms with Crippen LogP contribution in [0.4, 0.5) is 13.2 Å². The Bertz CT molecular complexity index is 1900. The molecular weight excluding hydrogens is 549 g/mol. The van der Waals surface area contributed by atoms with Gasteiger partial charge < -0.3 is 0 Å². The van der Waals surface area contributed by atoms with Gasteiger partial charge in [0.1, 0.15) is 22.4 Å². The van der Waals surface area contributed by atoms with Crippen LogP contribution in [0.25, 0.3) is 16.9 Å². The third-order valence-electron chi connectivity index (χ3n) is 7.40. The van der Waals surface area contributed by atoms with Gasteiger partial charge in [-0.2, -0.15) is 0 Å². The summed E-state index contributed by atoms with van der Waals surface area (Å²) in [5.41, 5.74) is 1.36. The number of aryl methyl sites for hydroxylation is 2. The molecular formula is C28H22ClF3N4O2S. The van der Waals surface area contributed by atoms with Gasteiger partial charge in [-0.3, -0.25) is 19.3 Å². The van der Waals surface area contributed by atoms with Gasteiger partial charge in [0.2, 0.25) is 0 Å². The number of hydrogen-bond acceptors (Lipinski definition) is 5. The molecule has 6 nitrogen and oxygen atoms in total. The SMILES string of the molecule is Cc1cnc(-c2ccc3c(c2F)S(C)(=O)=NC3)c(F)c1-n1c(C)cc([C@H]2C[C@@H]2c2cncc(F)c2)c(Cl)c1=O. The molecule has 0 bridgehead atoms. The van der Waals surface area contributed by atoms with E-state index in [1.807, 2.05) is 0 Å². The third kappa shape index (κ3) is 4.08. The number of pyridine rings is 3. The van der Waals surface area contributed by atoms with Crippen LogP contribution in [0, 0.1) is 31.3 Å². The van der Waals surface area contributed by atoms with Crippen molar-refractivity contribution >= 4 is 21.3 Å². The van der Waals surface area contributed by atoms with Crippen molar-refractivity contribution in [1.29, 1.82) is 0 Å². The summed E-state index contributed by atoms with van der Waals surface area (Å²) in [5.74, 6) is -2.32. The van der Waals surface area contributed by atoms with Crippen molar-refractivity contribution in [2.45, 2.75) is 43.5 Å². The number of benzene rings is 1. The molecule has 0 N–H and O–H groups in total. The first-order valence-electron chi connectivity index (χ1n) is 12.2. The molecule has 0 amide bonds. The normalized spacial score (nSPS) is 21.5. The Balaban J connectivity index is 1.46. The quantitative estimate of drug-likeness (QED) is 0.292. The van der Waals surface area contributed by atoms with Gasteiger partial charge in [-0.1, -0.05) is 17.7 Å². The minimum atomic E-state index is -2.95. The minimum Gasteiger partial charge on any atom is -0.277 e. The lowest BCUT2D eigenvalue weighted by Gasteiger charge is -2.18. The first-order valence-corrected chi connectivity index (χ1v) is 14.5. The van der Waals surface area contributed by atoms with Gasteiger partial charge in [-0.25, -0.2) is 21.7 Å². The molecule has 1 saturated carbocycles. The minimum absolute atomic E-state index is 0.0327. The number of halogens is 4. The number of rotatable bonds is 4. The highest BCUT2D eigenvalue weighted by molar-refractivity contribution is 7.93. The zero-order chi connectivity index (χ0) is 27.8. The lowest BCUT2D eigenvalue weighted by molar-refractivity contribution is 0.585. The molecule has 1 aromatic carbocycles. The van der Waals surface area contributed by atoms with Crippen molar-refractivity contribution in [2.24, 2.45) is 4.36 Å². The fraction of sp³-hybridized carbons (Fsp3) is 0.250. The summed E-state index contributed by atoms with van der Waals surface area (Å²) < 4.78 is 63.4. The average molecular weight is 571 g/mol. The summed E-state index contributed by atoms with van der Waals surface area (Å²) in [6.45, 7) is 3.37. The van der Waals surface area contributed by atoms with E-state index in [0.29, 0.717) is 28.8 Å². The largest absolute Gasteiger partial charge is 0.277 e. The molecule has 0 radical (unpaired) electrons. The molecule has 4 aromatic rings. The van der Waals surface area contributed by atoms with Gasteiger partial charge in [0.05, 0.1) is 33.1 Å². The van der Waals surface area contributed by atoms with Crippen LogP contribution in [-0.4, -0.2) is 25.0 Å². The fourth-order valence-electron chi connectivity index (χ4n) is 5.42. The molecule has 11 heteroatoms. The Morgan fingerprint density at radius 3 is 2.56 bits per heavy atom. The monoisotopic (exact) mass is 570 g/mol. The standard InChI is InChI=1S/C28H22ClF3N4O2S/c1-13-9-34-25(18-5-4-15-11-35-39(3,38)27(15)23(18)31)24(32)26(13)36-14(2)6-21(22(29)28(36)37)20-8-19(20)16-7-17(30)12-33-10-16/h4-7,9-10,12,19-20H,8,11H2,1-3H3/t19-,20+,39?/m1/s1. The first-order chi connectivity index (χ1) is 18.5. The van der Waals surface area contributed by atoms with E-state index in [-0.39, 0.29) is 45.2 Å². The van der Waals surface area contributed by atoms with Crippen molar-refractivity contribution in [3.8, 4) is 16.9 Å². The summed E-state index contributed by atoms with van der Waals surface area (Å²) in [4.78, 5) is 21.5. The Kier molecular flexibility index (Phi) is 5.96. The van der Waals surface area contributed by atoms with E-state index in [4.69, 9.17) is 11.6 Å². The molecule has 200 valence electrons. The predicted octanol–water partition coefficient (Wildman–Crippen LogP) is 6.22. The van der Waals surface area contributed by atoms with E-state index in [1.165, 1.54) is 24.6 Å². The highest BCUT2D eigenvalue weighted by Crippen LogP contribution is 2.55. The highest BCUT2D eigenvalue weighted by Gasteiger charge is 2.42. The van der Waals surface area contributed by atoms with Crippen LogP contribution in [0.1, 0.15) is 46.2 Å². The van der Waals surface area contributed by atoms with Gasteiger partial charge in [0.15, 0.2) is 5.82 Å². The van der Waals surface area contributed by atoms with Crippen LogP contribution in [-0.2, 0) is 16.3 Å². The number of aromatic nitrogens is 3. The Morgan fingerprint density at radius 1 is 1.05 bits per heavy atom. The van der Waals surface area contributed by atoms with Crippen molar-refractivity contribution < 1.29 is 17.4 Å². The third-order valence-corrected chi connectivity index (χ3v) is 9.60. The van der Waals surface area contributed by atoms with Crippen LogP contribution in [0.3, 0.4) is 0 Å². The van der Waals surface area contributed by atoms with Gasteiger partial charge in [-0.05, 0) is 72.6 Å². The van der Waals surface area contributed by atoms with Crippen molar-refractivity contribution in [3.05, 3.63) is 104 Å². The van der Waals surface area contributed by atoms with E-state index >= 15 is 8.78 Å². The lowest BCUT2D eigenvalue weighted by atomic mass is 10.0. The van der Waals surface area contributed by atoms with E-state index in [1.54, 1.807) is 32.2 Å². The summed E-state index contributed by atoms with van der Waals surface area (Å²) >= 11 is 6.56. The van der Waals surface area contributed by atoms with Crippen LogP contribution in [0.15, 0.2) is 56.9 Å². The highest BCUT2D eigenvalue weighted by atomic mass is 35.5. The van der Waals surface area contributed by atoms with Crippen LogP contribution in [0.5, 0.6) is 0 Å². The lowest BCUT2D eigenvalue weighted by Crippen LogP contribution is -2.24. The first kappa shape index (κ1) is 25.8. The van der Waals surface area contributed by atoms with Crippen molar-refractivity contribution in [1.82, 2.24) is 14.5 Å². The van der Waals surface area contributed by atoms with E-state index < -0.39 is 32.7 Å². The number of nitrogens with zero attached hydrogens (tertiary/aromatic N) is 4. The summed E-state index contributed by atoms with van der Waals surface area (Å²) in [6.07, 6.45) is 6.10. The maximum absolute atomic E-state index is 16.1. The molecule has 4 heterocycles. The fourth-order valence-corrected chi connectivity index (χ4v) is 7.27. The van der Waals surface area contributed by atoms with Crippen molar-refractivity contribution in [2.75, 3.05) is 6.26 Å². The van der Waals surface area contributed by atoms with Crippen LogP contribution < -0.4 is 5.56 Å². The predicted molar refractivity (Wildman–Crippen MR) is 142 cm³/mol. The zero-order valence-electron chi connectivity index (χ0n) is 21.1. The topological polar surface area (TPSA) is 77.2 Å². The zero-order valence-corrected chi connectivity index (χ0v) is 22.7. The molecule has 1 aliphatic carbocycles. The molecule has 39 heavy (non-hydrogen) atoms. The van der Waals surface area contributed by atoms with Gasteiger partial charge >= 0.3 is 0 Å². The molecule has 3 atom stereocenters.